The molecule has 0 aromatic heterocycles. The predicted octanol–water partition coefficient (Wildman–Crippen LogP) is 3.71. The minimum Gasteiger partial charge on any atom is -0.490 e. The lowest BCUT2D eigenvalue weighted by Gasteiger charge is -2.33. The fourth-order valence-corrected chi connectivity index (χ4v) is 3.73. The molecule has 1 aromatic rings. The highest BCUT2D eigenvalue weighted by atomic mass is 19.3. The Bertz CT molecular complexity index is 913. The fraction of sp³-hybridized carbons (Fsp3) is 0.364. The van der Waals surface area contributed by atoms with Gasteiger partial charge in [0.1, 0.15) is 11.5 Å². The summed E-state index contributed by atoms with van der Waals surface area (Å²) in [7, 11) is 1.56. The second-order valence-electron chi connectivity index (χ2n) is 7.27. The average molecular weight is 417 g/mol. The molecule has 3 atom stereocenters. The predicted molar refractivity (Wildman–Crippen MR) is 110 cm³/mol. The molecule has 0 radical (unpaired) electrons. The van der Waals surface area contributed by atoms with Gasteiger partial charge in [0.2, 0.25) is 0 Å². The highest BCUT2D eigenvalue weighted by molar-refractivity contribution is 6.07. The zero-order chi connectivity index (χ0) is 21.9. The van der Waals surface area contributed by atoms with Crippen LogP contribution in [0.1, 0.15) is 25.3 Å². The number of nitrogens with two attached hydrogens (primary N) is 1. The number of allylic oxidation sites excluding steroid dienone is 2. The molecule has 8 heteroatoms. The molecular formula is C22H25F2N3O3. The molecule has 1 unspecified atom stereocenters. The maximum Gasteiger partial charge on any atom is 0.387 e. The number of guanidine groups is 1. The van der Waals surface area contributed by atoms with E-state index in [2.05, 4.69) is 16.3 Å². The van der Waals surface area contributed by atoms with E-state index >= 15 is 0 Å². The molecule has 30 heavy (non-hydrogen) atoms. The summed E-state index contributed by atoms with van der Waals surface area (Å²) in [5.74, 6) is 0.0205. The molecule has 2 aliphatic rings. The minimum absolute atomic E-state index is 0.0579. The largest absolute Gasteiger partial charge is 0.490 e. The molecular weight excluding hydrogens is 392 g/mol. The number of carbonyl (C=O) groups is 1. The van der Waals surface area contributed by atoms with Crippen LogP contribution >= 0.6 is 0 Å². The molecule has 0 saturated carbocycles. The summed E-state index contributed by atoms with van der Waals surface area (Å²) in [6.07, 6.45) is 7.27. The third kappa shape index (κ3) is 4.08. The molecule has 160 valence electrons. The van der Waals surface area contributed by atoms with Gasteiger partial charge in [0.15, 0.2) is 11.5 Å². The van der Waals surface area contributed by atoms with Gasteiger partial charge in [-0.05, 0) is 43.2 Å². The summed E-state index contributed by atoms with van der Waals surface area (Å²) in [6.45, 7) is 2.73. The van der Waals surface area contributed by atoms with Gasteiger partial charge in [-0.2, -0.15) is 8.78 Å². The number of carbonyl (C=O) groups excluding carboxylic acids is 1. The van der Waals surface area contributed by atoms with Gasteiger partial charge >= 0.3 is 6.61 Å². The van der Waals surface area contributed by atoms with Gasteiger partial charge in [-0.15, -0.1) is 6.58 Å². The zero-order valence-corrected chi connectivity index (χ0v) is 16.9. The van der Waals surface area contributed by atoms with Crippen molar-refractivity contribution in [2.45, 2.75) is 38.0 Å². The van der Waals surface area contributed by atoms with Crippen LogP contribution in [0.5, 0.6) is 5.75 Å². The van der Waals surface area contributed by atoms with Crippen LogP contribution in [0.25, 0.3) is 0 Å². The summed E-state index contributed by atoms with van der Waals surface area (Å²) in [5, 5.41) is 0. The molecule has 1 amide bonds. The number of likely N-dealkylation sites (N-methyl/N-ethyl adjacent to an activating group) is 1. The smallest absolute Gasteiger partial charge is 0.387 e. The highest BCUT2D eigenvalue weighted by Gasteiger charge is 2.52. The number of hydrogen-bond donors (Lipinski definition) is 1. The van der Waals surface area contributed by atoms with Crippen LogP contribution in [0.3, 0.4) is 0 Å². The Morgan fingerprint density at radius 2 is 2.20 bits per heavy atom. The minimum atomic E-state index is -2.91. The first-order valence-electron chi connectivity index (χ1n) is 9.62. The zero-order valence-electron chi connectivity index (χ0n) is 16.9. The Morgan fingerprint density at radius 1 is 1.43 bits per heavy atom. The summed E-state index contributed by atoms with van der Waals surface area (Å²) in [4.78, 5) is 19.2. The first-order chi connectivity index (χ1) is 14.3. The second-order valence-corrected chi connectivity index (χ2v) is 7.27. The Labute approximate surface area is 174 Å². The lowest BCUT2D eigenvalue weighted by atomic mass is 9.74. The van der Waals surface area contributed by atoms with Crippen molar-refractivity contribution in [2.75, 3.05) is 7.05 Å². The number of aliphatic imine (C=N–C) groups is 1. The van der Waals surface area contributed by atoms with Crippen LogP contribution < -0.4 is 10.5 Å². The number of alkyl halides is 2. The van der Waals surface area contributed by atoms with Crippen LogP contribution in [0.15, 0.2) is 65.9 Å². The van der Waals surface area contributed by atoms with Crippen LogP contribution in [0.4, 0.5) is 8.78 Å². The lowest BCUT2D eigenvalue weighted by Crippen LogP contribution is -2.44. The van der Waals surface area contributed by atoms with E-state index in [0.29, 0.717) is 17.7 Å². The third-order valence-electron chi connectivity index (χ3n) is 5.20. The second kappa shape index (κ2) is 8.69. The van der Waals surface area contributed by atoms with E-state index < -0.39 is 18.1 Å². The van der Waals surface area contributed by atoms with Gasteiger partial charge < -0.3 is 15.2 Å². The Balaban J connectivity index is 1.98. The van der Waals surface area contributed by atoms with Crippen molar-refractivity contribution < 1.29 is 23.0 Å². The van der Waals surface area contributed by atoms with E-state index in [1.807, 2.05) is 6.92 Å². The first kappa shape index (κ1) is 21.5. The highest BCUT2D eigenvalue weighted by Crippen LogP contribution is 2.44. The topological polar surface area (TPSA) is 77.2 Å². The van der Waals surface area contributed by atoms with Crippen molar-refractivity contribution in [1.82, 2.24) is 4.90 Å². The maximum atomic E-state index is 13.3. The molecule has 0 spiro atoms. The van der Waals surface area contributed by atoms with Crippen molar-refractivity contribution in [3.8, 4) is 5.75 Å². The number of benzene rings is 1. The molecule has 0 saturated heterocycles. The van der Waals surface area contributed by atoms with Gasteiger partial charge in [-0.3, -0.25) is 9.69 Å². The molecule has 3 rings (SSSR count). The standard InChI is InChI=1S/C22H25F2N3O3/c1-4-6-14(2)29-18-8-5-7-16(13-18)22(19(28)27(3)21(25)26-22)15-9-11-17(12-10-15)30-20(23)24/h4-5,7-9,11-15,20H,1,6,10H2,2-3H3,(H2,25,26)/t14-,15?,22+/m0/s1. The number of hydrogen-bond acceptors (Lipinski definition) is 5. The van der Waals surface area contributed by atoms with Crippen LogP contribution in [0.2, 0.25) is 0 Å². The van der Waals surface area contributed by atoms with Gasteiger partial charge in [0, 0.05) is 19.4 Å². The van der Waals surface area contributed by atoms with Crippen molar-refractivity contribution >= 4 is 11.9 Å². The summed E-state index contributed by atoms with van der Waals surface area (Å²) in [6, 6.07) is 7.16. The summed E-state index contributed by atoms with van der Waals surface area (Å²) < 4.78 is 35.4. The van der Waals surface area contributed by atoms with E-state index in [1.165, 1.54) is 17.1 Å². The average Bonchev–Trinajstić information content (AvgIpc) is 2.93. The van der Waals surface area contributed by atoms with Crippen LogP contribution in [0, 0.1) is 5.92 Å². The first-order valence-corrected chi connectivity index (χ1v) is 9.62. The van der Waals surface area contributed by atoms with Crippen LogP contribution in [-0.4, -0.2) is 36.5 Å². The monoisotopic (exact) mass is 417 g/mol. The molecule has 1 heterocycles. The van der Waals surface area contributed by atoms with Crippen molar-refractivity contribution in [3.63, 3.8) is 0 Å². The molecule has 1 aliphatic carbocycles. The normalized spacial score (nSPS) is 24.5. The molecule has 2 N–H and O–H groups in total. The van der Waals surface area contributed by atoms with E-state index in [0.717, 1.165) is 0 Å². The number of rotatable bonds is 8. The molecule has 0 bridgehead atoms. The van der Waals surface area contributed by atoms with Gasteiger partial charge in [0.25, 0.3) is 5.91 Å². The van der Waals surface area contributed by atoms with Crippen LogP contribution in [-0.2, 0) is 15.1 Å². The quantitative estimate of drug-likeness (QED) is 0.654. The van der Waals surface area contributed by atoms with Crippen molar-refractivity contribution in [1.29, 1.82) is 0 Å². The Kier molecular flexibility index (Phi) is 6.24. The molecule has 6 nitrogen and oxygen atoms in total. The fourth-order valence-electron chi connectivity index (χ4n) is 3.73. The number of ether oxygens (including phenoxy) is 2. The SMILES string of the molecule is C=CC[C@H](C)Oc1cccc([C@@]2(C3C=CC(OC(F)F)=CC3)N=C(N)N(C)C2=O)c1. The third-order valence-corrected chi connectivity index (χ3v) is 5.20. The molecule has 1 aliphatic heterocycles. The van der Waals surface area contributed by atoms with Gasteiger partial charge in [-0.25, -0.2) is 4.99 Å². The van der Waals surface area contributed by atoms with E-state index in [-0.39, 0.29) is 30.2 Å². The number of nitrogens with zero attached hydrogens (tertiary/aromatic N) is 2. The Hall–Kier alpha value is -3.16. The van der Waals surface area contributed by atoms with E-state index in [4.69, 9.17) is 10.5 Å². The molecule has 0 fully saturated rings. The lowest BCUT2D eigenvalue weighted by molar-refractivity contribution is -0.132. The van der Waals surface area contributed by atoms with E-state index in [9.17, 15) is 13.6 Å². The van der Waals surface area contributed by atoms with Gasteiger partial charge in [-0.1, -0.05) is 24.3 Å². The number of amides is 1. The van der Waals surface area contributed by atoms with Crippen molar-refractivity contribution in [2.24, 2.45) is 16.6 Å². The summed E-state index contributed by atoms with van der Waals surface area (Å²) >= 11 is 0. The number of halogens is 2. The van der Waals surface area contributed by atoms with Gasteiger partial charge in [0.05, 0.1) is 6.10 Å². The molecule has 1 aromatic carbocycles. The summed E-state index contributed by atoms with van der Waals surface area (Å²) in [5.41, 5.74) is 5.29. The van der Waals surface area contributed by atoms with Crippen molar-refractivity contribution in [3.05, 3.63) is 66.5 Å². The van der Waals surface area contributed by atoms with E-state index in [1.54, 1.807) is 43.5 Å². The Morgan fingerprint density at radius 3 is 2.77 bits per heavy atom. The maximum absolute atomic E-state index is 13.3.